The molecule has 2 aromatic rings. The molecule has 0 aliphatic carbocycles. The maximum atomic E-state index is 13.1. The van der Waals surface area contributed by atoms with Gasteiger partial charge in [0.15, 0.2) is 0 Å². The number of carbonyl (C=O) groups excluding carboxylic acids is 3. The molecule has 0 radical (unpaired) electrons. The molecule has 31 heavy (non-hydrogen) atoms. The SMILES string of the molecule is CC[C@H](C)[C@H](NC(=O)[C@@H](Cc1c[nH]c2ccccc12)NC(=O)OC(C)(C)C)C(=O)NN. The van der Waals surface area contributed by atoms with E-state index in [1.54, 1.807) is 27.0 Å². The van der Waals surface area contributed by atoms with Gasteiger partial charge < -0.3 is 20.4 Å². The number of hydrogen-bond donors (Lipinski definition) is 5. The summed E-state index contributed by atoms with van der Waals surface area (Å²) in [6.45, 7) is 8.98. The van der Waals surface area contributed by atoms with Gasteiger partial charge in [0, 0.05) is 23.5 Å². The van der Waals surface area contributed by atoms with Crippen molar-refractivity contribution < 1.29 is 19.1 Å². The van der Waals surface area contributed by atoms with Gasteiger partial charge in [0.1, 0.15) is 17.7 Å². The summed E-state index contributed by atoms with van der Waals surface area (Å²) in [4.78, 5) is 40.9. The number of carbonyl (C=O) groups is 3. The van der Waals surface area contributed by atoms with Crippen LogP contribution in [0.3, 0.4) is 0 Å². The molecule has 3 atom stereocenters. The summed E-state index contributed by atoms with van der Waals surface area (Å²) >= 11 is 0. The summed E-state index contributed by atoms with van der Waals surface area (Å²) in [7, 11) is 0. The lowest BCUT2D eigenvalue weighted by Gasteiger charge is -2.27. The molecule has 0 aliphatic rings. The lowest BCUT2D eigenvalue weighted by atomic mass is 9.97. The van der Waals surface area contributed by atoms with E-state index in [-0.39, 0.29) is 12.3 Å². The summed E-state index contributed by atoms with van der Waals surface area (Å²) in [5.74, 6) is 4.15. The maximum absolute atomic E-state index is 13.1. The smallest absolute Gasteiger partial charge is 0.408 e. The molecule has 0 saturated carbocycles. The lowest BCUT2D eigenvalue weighted by molar-refractivity contribution is -0.131. The van der Waals surface area contributed by atoms with Crippen LogP contribution in [0.1, 0.15) is 46.6 Å². The highest BCUT2D eigenvalue weighted by atomic mass is 16.6. The Hall–Kier alpha value is -3.07. The van der Waals surface area contributed by atoms with E-state index >= 15 is 0 Å². The molecule has 1 aromatic carbocycles. The summed E-state index contributed by atoms with van der Waals surface area (Å²) in [5, 5.41) is 6.33. The molecule has 9 heteroatoms. The van der Waals surface area contributed by atoms with Crippen molar-refractivity contribution >= 4 is 28.8 Å². The number of rotatable bonds is 8. The van der Waals surface area contributed by atoms with Crippen LogP contribution in [0, 0.1) is 5.92 Å². The number of amides is 3. The van der Waals surface area contributed by atoms with Crippen molar-refractivity contribution in [2.24, 2.45) is 11.8 Å². The zero-order valence-corrected chi connectivity index (χ0v) is 18.7. The Labute approximate surface area is 182 Å². The second-order valence-electron chi connectivity index (χ2n) is 8.64. The van der Waals surface area contributed by atoms with Crippen LogP contribution in [-0.2, 0) is 20.7 Å². The fourth-order valence-corrected chi connectivity index (χ4v) is 3.23. The van der Waals surface area contributed by atoms with Crippen molar-refractivity contribution in [3.05, 3.63) is 36.0 Å². The van der Waals surface area contributed by atoms with E-state index in [0.717, 1.165) is 16.5 Å². The van der Waals surface area contributed by atoms with Crippen LogP contribution in [0.25, 0.3) is 10.9 Å². The van der Waals surface area contributed by atoms with Crippen molar-refractivity contribution in [3.63, 3.8) is 0 Å². The zero-order chi connectivity index (χ0) is 23.2. The average Bonchev–Trinajstić information content (AvgIpc) is 3.11. The molecule has 0 saturated heterocycles. The Morgan fingerprint density at radius 3 is 2.42 bits per heavy atom. The molecule has 0 aliphatic heterocycles. The number of nitrogens with one attached hydrogen (secondary N) is 4. The van der Waals surface area contributed by atoms with Gasteiger partial charge in [0.25, 0.3) is 5.91 Å². The number of hydrazine groups is 1. The van der Waals surface area contributed by atoms with Gasteiger partial charge in [-0.2, -0.15) is 0 Å². The van der Waals surface area contributed by atoms with Crippen LogP contribution in [0.5, 0.6) is 0 Å². The molecule has 0 fully saturated rings. The molecule has 0 unspecified atom stereocenters. The van der Waals surface area contributed by atoms with Gasteiger partial charge in [-0.1, -0.05) is 38.5 Å². The van der Waals surface area contributed by atoms with E-state index in [9.17, 15) is 14.4 Å². The van der Waals surface area contributed by atoms with Gasteiger partial charge in [-0.05, 0) is 38.3 Å². The third-order valence-corrected chi connectivity index (χ3v) is 5.04. The highest BCUT2D eigenvalue weighted by Gasteiger charge is 2.31. The Morgan fingerprint density at radius 2 is 1.81 bits per heavy atom. The molecule has 9 nitrogen and oxygen atoms in total. The van der Waals surface area contributed by atoms with Crippen LogP contribution >= 0.6 is 0 Å². The van der Waals surface area contributed by atoms with Gasteiger partial charge in [0.05, 0.1) is 0 Å². The molecule has 1 heterocycles. The highest BCUT2D eigenvalue weighted by molar-refractivity contribution is 5.92. The number of ether oxygens (including phenoxy) is 1. The number of benzene rings is 1. The molecule has 3 amide bonds. The number of H-pyrrole nitrogens is 1. The second kappa shape index (κ2) is 10.3. The first kappa shape index (κ1) is 24.2. The number of hydrogen-bond acceptors (Lipinski definition) is 5. The summed E-state index contributed by atoms with van der Waals surface area (Å²) < 4.78 is 5.33. The number of aromatic nitrogens is 1. The second-order valence-corrected chi connectivity index (χ2v) is 8.64. The van der Waals surface area contributed by atoms with Gasteiger partial charge in [0.2, 0.25) is 5.91 Å². The van der Waals surface area contributed by atoms with E-state index in [0.29, 0.717) is 6.42 Å². The van der Waals surface area contributed by atoms with Crippen LogP contribution in [0.15, 0.2) is 30.5 Å². The Bertz CT molecular complexity index is 918. The third kappa shape index (κ3) is 6.71. The molecule has 0 spiro atoms. The van der Waals surface area contributed by atoms with E-state index < -0.39 is 35.6 Å². The highest BCUT2D eigenvalue weighted by Crippen LogP contribution is 2.20. The van der Waals surface area contributed by atoms with Gasteiger partial charge in [-0.15, -0.1) is 0 Å². The van der Waals surface area contributed by atoms with Crippen molar-refractivity contribution in [1.29, 1.82) is 0 Å². The standard InChI is InChI=1S/C22H33N5O4/c1-6-13(2)18(20(29)27-23)26-19(28)17(25-21(30)31-22(3,4)5)11-14-12-24-16-10-8-7-9-15(14)16/h7-10,12-13,17-18,24H,6,11,23H2,1-5H3,(H,25,30)(H,26,28)(H,27,29)/t13-,17+,18-/m0/s1. The maximum Gasteiger partial charge on any atom is 0.408 e. The molecule has 6 N–H and O–H groups in total. The van der Waals surface area contributed by atoms with Crippen molar-refractivity contribution in [2.45, 2.75) is 65.1 Å². The molecule has 0 bridgehead atoms. The van der Waals surface area contributed by atoms with Crippen molar-refractivity contribution in [3.8, 4) is 0 Å². The van der Waals surface area contributed by atoms with Crippen LogP contribution < -0.4 is 21.9 Å². The zero-order valence-electron chi connectivity index (χ0n) is 18.7. The topological polar surface area (TPSA) is 138 Å². The lowest BCUT2D eigenvalue weighted by Crippen LogP contribution is -2.57. The number of para-hydroxylation sites is 1. The Morgan fingerprint density at radius 1 is 1.13 bits per heavy atom. The molecule has 170 valence electrons. The quantitative estimate of drug-likeness (QED) is 0.248. The van der Waals surface area contributed by atoms with Crippen molar-refractivity contribution in [2.75, 3.05) is 0 Å². The molecular weight excluding hydrogens is 398 g/mol. The van der Waals surface area contributed by atoms with Crippen molar-refractivity contribution in [1.82, 2.24) is 21.0 Å². The van der Waals surface area contributed by atoms with Crippen LogP contribution in [0.4, 0.5) is 4.79 Å². The Kier molecular flexibility index (Phi) is 8.04. The summed E-state index contributed by atoms with van der Waals surface area (Å²) in [6.07, 6.45) is 1.97. The molecule has 2 rings (SSSR count). The Balaban J connectivity index is 2.28. The van der Waals surface area contributed by atoms with Crippen LogP contribution in [0.2, 0.25) is 0 Å². The third-order valence-electron chi connectivity index (χ3n) is 5.04. The van der Waals surface area contributed by atoms with Crippen LogP contribution in [-0.4, -0.2) is 40.6 Å². The number of aromatic amines is 1. The van der Waals surface area contributed by atoms with Gasteiger partial charge in [-0.25, -0.2) is 10.6 Å². The average molecular weight is 432 g/mol. The van der Waals surface area contributed by atoms with Gasteiger partial charge in [-0.3, -0.25) is 15.0 Å². The first-order chi connectivity index (χ1) is 14.6. The van der Waals surface area contributed by atoms with Gasteiger partial charge >= 0.3 is 6.09 Å². The number of nitrogens with two attached hydrogens (primary N) is 1. The van der Waals surface area contributed by atoms with E-state index in [1.807, 2.05) is 38.1 Å². The summed E-state index contributed by atoms with van der Waals surface area (Å²) in [6, 6.07) is 5.90. The predicted octanol–water partition coefficient (Wildman–Crippen LogP) is 2.12. The van der Waals surface area contributed by atoms with E-state index in [4.69, 9.17) is 10.6 Å². The van der Waals surface area contributed by atoms with E-state index in [2.05, 4.69) is 21.0 Å². The first-order valence-corrected chi connectivity index (χ1v) is 10.4. The fourth-order valence-electron chi connectivity index (χ4n) is 3.23. The minimum absolute atomic E-state index is 0.150. The molecular formula is C22H33N5O4. The minimum Gasteiger partial charge on any atom is -0.444 e. The monoisotopic (exact) mass is 431 g/mol. The first-order valence-electron chi connectivity index (χ1n) is 10.4. The normalized spacial score (nSPS) is 14.4. The number of alkyl carbamates (subject to hydrolysis) is 1. The minimum atomic E-state index is -0.953. The molecule has 1 aromatic heterocycles. The summed E-state index contributed by atoms with van der Waals surface area (Å²) in [5.41, 5.74) is 3.16. The predicted molar refractivity (Wildman–Crippen MR) is 119 cm³/mol. The number of fused-ring (bicyclic) bond motifs is 1. The largest absolute Gasteiger partial charge is 0.444 e. The fraction of sp³-hybridized carbons (Fsp3) is 0.500. The van der Waals surface area contributed by atoms with E-state index in [1.165, 1.54) is 0 Å².